The van der Waals surface area contributed by atoms with Crippen molar-refractivity contribution in [2.45, 2.75) is 24.4 Å². The lowest BCUT2D eigenvalue weighted by Crippen LogP contribution is -2.30. The number of aromatic nitrogens is 2. The van der Waals surface area contributed by atoms with E-state index in [-0.39, 0.29) is 29.3 Å². The molecule has 1 aliphatic heterocycles. The predicted octanol–water partition coefficient (Wildman–Crippen LogP) is 1.69. The fourth-order valence-corrected chi connectivity index (χ4v) is 4.58. The van der Waals surface area contributed by atoms with Gasteiger partial charge in [0.1, 0.15) is 0 Å². The second-order valence-electron chi connectivity index (χ2n) is 5.88. The van der Waals surface area contributed by atoms with Crippen LogP contribution in [-0.4, -0.2) is 41.9 Å². The monoisotopic (exact) mass is 370 g/mol. The van der Waals surface area contributed by atoms with Crippen LogP contribution in [-0.2, 0) is 16.6 Å². The summed E-state index contributed by atoms with van der Waals surface area (Å²) in [5, 5.41) is 0.115. The Morgan fingerprint density at radius 1 is 1.25 bits per heavy atom. The fraction of sp³-hybridized carbons (Fsp3) is 0.438. The Morgan fingerprint density at radius 2 is 1.96 bits per heavy atom. The molecule has 2 heterocycles. The van der Waals surface area contributed by atoms with Gasteiger partial charge in [-0.1, -0.05) is 30.3 Å². The second-order valence-corrected chi connectivity index (χ2v) is 7.76. The van der Waals surface area contributed by atoms with E-state index in [0.717, 1.165) is 5.56 Å². The first-order valence-electron chi connectivity index (χ1n) is 7.83. The topological polar surface area (TPSA) is 81.2 Å². The molecule has 2 N–H and O–H groups in total. The van der Waals surface area contributed by atoms with E-state index < -0.39 is 10.0 Å². The molecule has 0 spiro atoms. The van der Waals surface area contributed by atoms with Gasteiger partial charge in [-0.2, -0.15) is 4.31 Å². The van der Waals surface area contributed by atoms with Crippen LogP contribution >= 0.6 is 12.4 Å². The molecule has 2 aromatic rings. The van der Waals surface area contributed by atoms with Crippen molar-refractivity contribution in [3.63, 3.8) is 0 Å². The average Bonchev–Trinajstić information content (AvgIpc) is 3.23. The molecule has 1 aliphatic rings. The van der Waals surface area contributed by atoms with Gasteiger partial charge in [0.25, 0.3) is 10.0 Å². The highest BCUT2D eigenvalue weighted by Crippen LogP contribution is 2.34. The van der Waals surface area contributed by atoms with E-state index in [9.17, 15) is 8.42 Å². The van der Waals surface area contributed by atoms with Crippen LogP contribution in [0.3, 0.4) is 0 Å². The van der Waals surface area contributed by atoms with Crippen LogP contribution in [0.4, 0.5) is 0 Å². The Hall–Kier alpha value is -1.41. The van der Waals surface area contributed by atoms with Gasteiger partial charge >= 0.3 is 0 Å². The summed E-state index contributed by atoms with van der Waals surface area (Å²) >= 11 is 0. The molecule has 3 rings (SSSR count). The van der Waals surface area contributed by atoms with Crippen molar-refractivity contribution in [3.05, 3.63) is 48.4 Å². The lowest BCUT2D eigenvalue weighted by molar-refractivity contribution is 0.456. The number of aryl methyl sites for hydroxylation is 1. The number of halogens is 1. The fourth-order valence-electron chi connectivity index (χ4n) is 3.12. The summed E-state index contributed by atoms with van der Waals surface area (Å²) < 4.78 is 28.9. The zero-order valence-corrected chi connectivity index (χ0v) is 15.2. The molecule has 6 nitrogen and oxygen atoms in total. The van der Waals surface area contributed by atoms with Gasteiger partial charge in [0, 0.05) is 31.7 Å². The number of nitrogens with two attached hydrogens (primary N) is 1. The number of hydrogen-bond acceptors (Lipinski definition) is 4. The molecule has 0 saturated carbocycles. The number of nitrogens with zero attached hydrogens (tertiary/aromatic N) is 3. The van der Waals surface area contributed by atoms with E-state index in [4.69, 9.17) is 5.73 Å². The largest absolute Gasteiger partial charge is 0.336 e. The summed E-state index contributed by atoms with van der Waals surface area (Å²) in [5.41, 5.74) is 7.03. The van der Waals surface area contributed by atoms with Crippen LogP contribution in [0.2, 0.25) is 0 Å². The van der Waals surface area contributed by atoms with Crippen molar-refractivity contribution >= 4 is 22.4 Å². The van der Waals surface area contributed by atoms with Crippen LogP contribution < -0.4 is 5.73 Å². The first-order valence-corrected chi connectivity index (χ1v) is 9.27. The van der Waals surface area contributed by atoms with Gasteiger partial charge in [-0.15, -0.1) is 12.4 Å². The number of sulfonamides is 1. The smallest absolute Gasteiger partial charge is 0.262 e. The number of imidazole rings is 1. The maximum Gasteiger partial charge on any atom is 0.262 e. The third kappa shape index (κ3) is 3.49. The van der Waals surface area contributed by atoms with Gasteiger partial charge in [0.2, 0.25) is 0 Å². The van der Waals surface area contributed by atoms with Gasteiger partial charge in [-0.3, -0.25) is 0 Å². The summed E-state index contributed by atoms with van der Waals surface area (Å²) in [4.78, 5) is 4.05. The third-order valence-corrected chi connectivity index (χ3v) is 6.23. The van der Waals surface area contributed by atoms with Crippen LogP contribution in [0.15, 0.2) is 47.9 Å². The minimum atomic E-state index is -3.57. The van der Waals surface area contributed by atoms with E-state index in [1.54, 1.807) is 17.1 Å². The standard InChI is InChI=1S/C16H22N4O2S.ClH/c1-2-19-11-16(18-12-19)23(21,22)20-9-14(8-17)15(10-20)13-6-4-3-5-7-13;/h3-7,11-12,14-15H,2,8-10,17H2,1H3;1H/t14-,15+;/m1./s1. The van der Waals surface area contributed by atoms with E-state index in [1.165, 1.54) is 4.31 Å². The molecule has 0 radical (unpaired) electrons. The predicted molar refractivity (Wildman–Crippen MR) is 95.6 cm³/mol. The Labute approximate surface area is 149 Å². The summed E-state index contributed by atoms with van der Waals surface area (Å²) in [6, 6.07) is 9.98. The Balaban J connectivity index is 0.00000208. The molecule has 132 valence electrons. The Morgan fingerprint density at radius 3 is 2.54 bits per heavy atom. The molecule has 1 aromatic heterocycles. The maximum absolute atomic E-state index is 12.8. The molecule has 8 heteroatoms. The Bertz CT molecular complexity index is 763. The molecule has 0 bridgehead atoms. The van der Waals surface area contributed by atoms with Crippen molar-refractivity contribution in [3.8, 4) is 0 Å². The molecular weight excluding hydrogens is 348 g/mol. The molecule has 1 aromatic carbocycles. The quantitative estimate of drug-likeness (QED) is 0.868. The van der Waals surface area contributed by atoms with Gasteiger partial charge in [0.05, 0.1) is 6.33 Å². The number of hydrogen-bond donors (Lipinski definition) is 1. The van der Waals surface area contributed by atoms with Gasteiger partial charge in [0.15, 0.2) is 5.03 Å². The SMILES string of the molecule is CCn1cnc(S(=O)(=O)N2C[C@@H](CN)[C@H](c3ccccc3)C2)c1.Cl. The van der Waals surface area contributed by atoms with Crippen molar-refractivity contribution in [1.29, 1.82) is 0 Å². The zero-order valence-electron chi connectivity index (χ0n) is 13.6. The highest BCUT2D eigenvalue weighted by Gasteiger charge is 2.40. The molecule has 1 saturated heterocycles. The van der Waals surface area contributed by atoms with Gasteiger partial charge < -0.3 is 10.3 Å². The van der Waals surface area contributed by atoms with Crippen LogP contribution in [0.25, 0.3) is 0 Å². The van der Waals surface area contributed by atoms with Gasteiger partial charge in [-0.25, -0.2) is 13.4 Å². The zero-order chi connectivity index (χ0) is 16.4. The highest BCUT2D eigenvalue weighted by atomic mass is 35.5. The average molecular weight is 371 g/mol. The molecule has 24 heavy (non-hydrogen) atoms. The van der Waals surface area contributed by atoms with Crippen LogP contribution in [0, 0.1) is 5.92 Å². The van der Waals surface area contributed by atoms with Crippen molar-refractivity contribution in [1.82, 2.24) is 13.9 Å². The van der Waals surface area contributed by atoms with Crippen molar-refractivity contribution < 1.29 is 8.42 Å². The summed E-state index contributed by atoms with van der Waals surface area (Å²) in [6.07, 6.45) is 3.14. The molecular formula is C16H23ClN4O2S. The summed E-state index contributed by atoms with van der Waals surface area (Å²) in [5.74, 6) is 0.254. The van der Waals surface area contributed by atoms with E-state index in [1.807, 2.05) is 37.3 Å². The molecule has 0 unspecified atom stereocenters. The molecule has 0 amide bonds. The van der Waals surface area contributed by atoms with E-state index >= 15 is 0 Å². The maximum atomic E-state index is 12.8. The van der Waals surface area contributed by atoms with Gasteiger partial charge in [-0.05, 0) is 24.9 Å². The molecule has 2 atom stereocenters. The number of benzene rings is 1. The minimum Gasteiger partial charge on any atom is -0.336 e. The van der Waals surface area contributed by atoms with Crippen LogP contribution in [0.5, 0.6) is 0 Å². The van der Waals surface area contributed by atoms with Crippen molar-refractivity contribution in [2.75, 3.05) is 19.6 Å². The lowest BCUT2D eigenvalue weighted by atomic mass is 9.89. The lowest BCUT2D eigenvalue weighted by Gasteiger charge is -2.16. The van der Waals surface area contributed by atoms with E-state index in [0.29, 0.717) is 26.2 Å². The third-order valence-electron chi connectivity index (χ3n) is 4.52. The first kappa shape index (κ1) is 18.9. The summed E-state index contributed by atoms with van der Waals surface area (Å²) in [7, 11) is -3.57. The first-order chi connectivity index (χ1) is 11.1. The molecule has 1 fully saturated rings. The van der Waals surface area contributed by atoms with E-state index in [2.05, 4.69) is 4.98 Å². The Kier molecular flexibility index (Phi) is 6.03. The van der Waals surface area contributed by atoms with Crippen molar-refractivity contribution in [2.24, 2.45) is 11.7 Å². The highest BCUT2D eigenvalue weighted by molar-refractivity contribution is 7.89. The summed E-state index contributed by atoms with van der Waals surface area (Å²) in [6.45, 7) is 4.00. The minimum absolute atomic E-state index is 0. The normalized spacial score (nSPS) is 21.6. The second kappa shape index (κ2) is 7.65. The number of rotatable bonds is 5. The van der Waals surface area contributed by atoms with Crippen LogP contribution in [0.1, 0.15) is 18.4 Å². The molecule has 0 aliphatic carbocycles.